The molecule has 1 aromatic carbocycles. The van der Waals surface area contributed by atoms with Gasteiger partial charge in [-0.1, -0.05) is 0 Å². The minimum absolute atomic E-state index is 0.0458. The van der Waals surface area contributed by atoms with Gasteiger partial charge in [0.2, 0.25) is 10.0 Å². The summed E-state index contributed by atoms with van der Waals surface area (Å²) in [5.74, 6) is -0.757. The van der Waals surface area contributed by atoms with Crippen molar-refractivity contribution in [1.29, 1.82) is 10.5 Å². The molecule has 8 heteroatoms. The van der Waals surface area contributed by atoms with Gasteiger partial charge < -0.3 is 5.73 Å². The van der Waals surface area contributed by atoms with Crippen LogP contribution in [-0.4, -0.2) is 25.8 Å². The Bertz CT molecular complexity index is 657. The molecule has 0 saturated carbocycles. The number of halogens is 1. The van der Waals surface area contributed by atoms with Gasteiger partial charge in [0.15, 0.2) is 0 Å². The predicted octanol–water partition coefficient (Wildman–Crippen LogP) is 0.754. The monoisotopic (exact) mass is 282 g/mol. The number of hydrogen-bond donors (Lipinski definition) is 1. The van der Waals surface area contributed by atoms with Crippen LogP contribution in [0.4, 0.5) is 10.1 Å². The summed E-state index contributed by atoms with van der Waals surface area (Å²) in [5, 5.41) is 17.2. The first-order valence-electron chi connectivity index (χ1n) is 5.14. The zero-order valence-electron chi connectivity index (χ0n) is 10.1. The van der Waals surface area contributed by atoms with E-state index >= 15 is 0 Å². The van der Waals surface area contributed by atoms with E-state index in [0.717, 1.165) is 12.1 Å². The molecular formula is C11H11FN4O2S. The van der Waals surface area contributed by atoms with Crippen LogP contribution in [0.25, 0.3) is 0 Å². The van der Waals surface area contributed by atoms with Crippen LogP contribution in [0.2, 0.25) is 0 Å². The van der Waals surface area contributed by atoms with Crippen molar-refractivity contribution in [2.45, 2.75) is 11.8 Å². The summed E-state index contributed by atoms with van der Waals surface area (Å²) in [5.41, 5.74) is 5.27. The fourth-order valence-electron chi connectivity index (χ4n) is 1.46. The normalized spacial score (nSPS) is 11.0. The number of nitrogens with two attached hydrogens (primary N) is 1. The van der Waals surface area contributed by atoms with Gasteiger partial charge in [0, 0.05) is 11.3 Å². The largest absolute Gasteiger partial charge is 0.399 e. The Balaban J connectivity index is 3.43. The number of nitrogens with zero attached hydrogens (tertiary/aromatic N) is 3. The lowest BCUT2D eigenvalue weighted by Crippen LogP contribution is -2.32. The second-order valence-corrected chi connectivity index (χ2v) is 5.62. The van der Waals surface area contributed by atoms with Crippen molar-refractivity contribution in [2.24, 2.45) is 0 Å². The van der Waals surface area contributed by atoms with Gasteiger partial charge in [-0.2, -0.15) is 14.8 Å². The standard InChI is InChI=1S/C11H11FN4O2S/c1-8-10(12)6-9(15)7-11(8)19(17,18)16(4-2-13)5-3-14/h6-7H,4-5,15H2,1H3. The van der Waals surface area contributed by atoms with Crippen molar-refractivity contribution >= 4 is 15.7 Å². The lowest BCUT2D eigenvalue weighted by atomic mass is 10.2. The van der Waals surface area contributed by atoms with E-state index in [1.807, 2.05) is 0 Å². The smallest absolute Gasteiger partial charge is 0.245 e. The first-order valence-corrected chi connectivity index (χ1v) is 6.58. The molecular weight excluding hydrogens is 271 g/mol. The van der Waals surface area contributed by atoms with E-state index in [2.05, 4.69) is 0 Å². The molecule has 19 heavy (non-hydrogen) atoms. The third-order valence-electron chi connectivity index (χ3n) is 2.43. The predicted molar refractivity (Wildman–Crippen MR) is 65.5 cm³/mol. The van der Waals surface area contributed by atoms with Crippen molar-refractivity contribution in [3.05, 3.63) is 23.5 Å². The SMILES string of the molecule is Cc1c(F)cc(N)cc1S(=O)(=O)N(CC#N)CC#N. The minimum atomic E-state index is -4.13. The number of nitriles is 2. The van der Waals surface area contributed by atoms with Crippen molar-refractivity contribution in [3.63, 3.8) is 0 Å². The van der Waals surface area contributed by atoms with E-state index in [4.69, 9.17) is 16.3 Å². The Kier molecular flexibility index (Phi) is 4.43. The molecule has 1 aromatic rings. The van der Waals surface area contributed by atoms with Crippen molar-refractivity contribution in [2.75, 3.05) is 18.8 Å². The molecule has 0 aliphatic carbocycles. The second kappa shape index (κ2) is 5.65. The maximum Gasteiger partial charge on any atom is 0.245 e. The average molecular weight is 282 g/mol. The molecule has 2 N–H and O–H groups in total. The summed E-state index contributed by atoms with van der Waals surface area (Å²) < 4.78 is 38.7. The van der Waals surface area contributed by atoms with Crippen LogP contribution >= 0.6 is 0 Å². The molecule has 0 unspecified atom stereocenters. The fraction of sp³-hybridized carbons (Fsp3) is 0.273. The van der Waals surface area contributed by atoms with Gasteiger partial charge in [-0.15, -0.1) is 0 Å². The average Bonchev–Trinajstić information content (AvgIpc) is 2.33. The van der Waals surface area contributed by atoms with Gasteiger partial charge in [-0.25, -0.2) is 12.8 Å². The Hall–Kier alpha value is -2.16. The minimum Gasteiger partial charge on any atom is -0.399 e. The molecule has 0 spiro atoms. The van der Waals surface area contributed by atoms with Crippen molar-refractivity contribution < 1.29 is 12.8 Å². The summed E-state index contributed by atoms with van der Waals surface area (Å²) in [4.78, 5) is -0.337. The Morgan fingerprint density at radius 3 is 2.32 bits per heavy atom. The van der Waals surface area contributed by atoms with Crippen LogP contribution < -0.4 is 5.73 Å². The lowest BCUT2D eigenvalue weighted by Gasteiger charge is -2.18. The van der Waals surface area contributed by atoms with Gasteiger partial charge in [-0.05, 0) is 19.1 Å². The summed E-state index contributed by atoms with van der Waals surface area (Å²) in [6.07, 6.45) is 0. The Morgan fingerprint density at radius 1 is 1.32 bits per heavy atom. The molecule has 0 fully saturated rings. The van der Waals surface area contributed by atoms with Crippen LogP contribution in [0.5, 0.6) is 0 Å². The first-order chi connectivity index (χ1) is 8.84. The Morgan fingerprint density at radius 2 is 1.84 bits per heavy atom. The molecule has 0 saturated heterocycles. The highest BCUT2D eigenvalue weighted by atomic mass is 32.2. The first kappa shape index (κ1) is 14.9. The highest BCUT2D eigenvalue weighted by Gasteiger charge is 2.27. The lowest BCUT2D eigenvalue weighted by molar-refractivity contribution is 0.477. The summed E-state index contributed by atoms with van der Waals surface area (Å²) >= 11 is 0. The van der Waals surface area contributed by atoms with E-state index in [1.165, 1.54) is 6.92 Å². The zero-order valence-corrected chi connectivity index (χ0v) is 10.9. The molecule has 0 aliphatic rings. The summed E-state index contributed by atoms with van der Waals surface area (Å²) in [7, 11) is -4.13. The molecule has 0 atom stereocenters. The van der Waals surface area contributed by atoms with Crippen LogP contribution in [-0.2, 0) is 10.0 Å². The number of nitrogen functional groups attached to an aromatic ring is 1. The number of sulfonamides is 1. The van der Waals surface area contributed by atoms with Gasteiger partial charge >= 0.3 is 0 Å². The molecule has 1 rings (SSSR count). The molecule has 6 nitrogen and oxygen atoms in total. The van der Waals surface area contributed by atoms with Gasteiger partial charge in [0.25, 0.3) is 0 Å². The molecule has 0 bridgehead atoms. The molecule has 0 amide bonds. The van der Waals surface area contributed by atoms with Gasteiger partial charge in [0.1, 0.15) is 18.9 Å². The number of rotatable bonds is 4. The zero-order chi connectivity index (χ0) is 14.6. The maximum absolute atomic E-state index is 13.5. The summed E-state index contributed by atoms with van der Waals surface area (Å²) in [6.45, 7) is 0.302. The molecule has 100 valence electrons. The van der Waals surface area contributed by atoms with Crippen LogP contribution in [0.1, 0.15) is 5.56 Å². The Labute approximate surface area is 110 Å². The second-order valence-electron chi connectivity index (χ2n) is 3.72. The molecule has 0 radical (unpaired) electrons. The van der Waals surface area contributed by atoms with Gasteiger partial charge in [0.05, 0.1) is 17.0 Å². The molecule has 0 aromatic heterocycles. The van der Waals surface area contributed by atoms with E-state index in [1.54, 1.807) is 12.1 Å². The third-order valence-corrected chi connectivity index (χ3v) is 4.35. The van der Waals surface area contributed by atoms with E-state index < -0.39 is 28.9 Å². The van der Waals surface area contributed by atoms with E-state index in [9.17, 15) is 12.8 Å². The van der Waals surface area contributed by atoms with Crippen molar-refractivity contribution in [3.8, 4) is 12.1 Å². The van der Waals surface area contributed by atoms with Gasteiger partial charge in [-0.3, -0.25) is 0 Å². The summed E-state index contributed by atoms with van der Waals surface area (Å²) in [6, 6.07) is 5.41. The highest BCUT2D eigenvalue weighted by Crippen LogP contribution is 2.24. The van der Waals surface area contributed by atoms with Crippen LogP contribution in [0.3, 0.4) is 0 Å². The number of benzene rings is 1. The number of hydrogen-bond acceptors (Lipinski definition) is 5. The maximum atomic E-state index is 13.5. The third kappa shape index (κ3) is 2.99. The van der Waals surface area contributed by atoms with E-state index in [0.29, 0.717) is 4.31 Å². The van der Waals surface area contributed by atoms with Crippen LogP contribution in [0.15, 0.2) is 17.0 Å². The van der Waals surface area contributed by atoms with Crippen LogP contribution in [0, 0.1) is 35.4 Å². The fourth-order valence-corrected chi connectivity index (χ4v) is 2.97. The quantitative estimate of drug-likeness (QED) is 0.647. The highest BCUT2D eigenvalue weighted by molar-refractivity contribution is 7.89. The number of anilines is 1. The van der Waals surface area contributed by atoms with E-state index in [-0.39, 0.29) is 16.1 Å². The topological polar surface area (TPSA) is 111 Å². The molecule has 0 aliphatic heterocycles. The van der Waals surface area contributed by atoms with Crippen molar-refractivity contribution in [1.82, 2.24) is 4.31 Å². The molecule has 0 heterocycles.